The maximum absolute atomic E-state index is 12.2. The Bertz CT molecular complexity index is 619. The smallest absolute Gasteiger partial charge is 0.251 e. The molecular formula is C17H22N2OS. The number of hydrogen-bond acceptors (Lipinski definition) is 3. The standard InChI is InChI=1S/C17H22N2OS/c1-4-7-18-16-6-5-14(8-12(16)2)17(20)19-9-15-11-21-10-13(15)3/h5-6,8,10-11,18H,4,7,9H2,1-3H3,(H,19,20). The molecule has 1 aromatic carbocycles. The summed E-state index contributed by atoms with van der Waals surface area (Å²) in [6, 6.07) is 5.80. The van der Waals surface area contributed by atoms with Crippen LogP contribution in [0.1, 0.15) is 40.4 Å². The van der Waals surface area contributed by atoms with Crippen LogP contribution in [0.4, 0.5) is 5.69 Å². The number of amides is 1. The van der Waals surface area contributed by atoms with Gasteiger partial charge in [-0.25, -0.2) is 0 Å². The minimum atomic E-state index is -0.0225. The Labute approximate surface area is 130 Å². The van der Waals surface area contributed by atoms with Gasteiger partial charge in [0.25, 0.3) is 5.91 Å². The Kier molecular flexibility index (Phi) is 5.39. The largest absolute Gasteiger partial charge is 0.385 e. The molecule has 0 unspecified atom stereocenters. The summed E-state index contributed by atoms with van der Waals surface area (Å²) >= 11 is 1.67. The van der Waals surface area contributed by atoms with E-state index in [0.717, 1.165) is 24.2 Å². The lowest BCUT2D eigenvalue weighted by molar-refractivity contribution is 0.0951. The number of hydrogen-bond donors (Lipinski definition) is 2. The normalized spacial score (nSPS) is 10.4. The first-order valence-corrected chi connectivity index (χ1v) is 8.20. The highest BCUT2D eigenvalue weighted by Gasteiger charge is 2.08. The average Bonchev–Trinajstić information content (AvgIpc) is 2.88. The Hall–Kier alpha value is -1.81. The van der Waals surface area contributed by atoms with Crippen LogP contribution in [0.2, 0.25) is 0 Å². The summed E-state index contributed by atoms with van der Waals surface area (Å²) in [6.45, 7) is 7.76. The quantitative estimate of drug-likeness (QED) is 0.843. The maximum Gasteiger partial charge on any atom is 0.251 e. The van der Waals surface area contributed by atoms with E-state index in [-0.39, 0.29) is 5.91 Å². The molecular weight excluding hydrogens is 280 g/mol. The zero-order valence-corrected chi connectivity index (χ0v) is 13.6. The summed E-state index contributed by atoms with van der Waals surface area (Å²) in [5.74, 6) is -0.0225. The van der Waals surface area contributed by atoms with E-state index >= 15 is 0 Å². The van der Waals surface area contributed by atoms with Crippen LogP contribution in [0.15, 0.2) is 29.0 Å². The Morgan fingerprint density at radius 1 is 1.19 bits per heavy atom. The second-order valence-electron chi connectivity index (χ2n) is 5.22. The monoisotopic (exact) mass is 302 g/mol. The van der Waals surface area contributed by atoms with E-state index < -0.39 is 0 Å². The van der Waals surface area contributed by atoms with Gasteiger partial charge >= 0.3 is 0 Å². The molecule has 21 heavy (non-hydrogen) atoms. The lowest BCUT2D eigenvalue weighted by atomic mass is 10.1. The minimum Gasteiger partial charge on any atom is -0.385 e. The third kappa shape index (κ3) is 4.08. The second-order valence-corrected chi connectivity index (χ2v) is 5.96. The Balaban J connectivity index is 1.99. The highest BCUT2D eigenvalue weighted by atomic mass is 32.1. The predicted molar refractivity (Wildman–Crippen MR) is 90.2 cm³/mol. The fourth-order valence-corrected chi connectivity index (χ4v) is 2.97. The molecule has 0 atom stereocenters. The average molecular weight is 302 g/mol. The van der Waals surface area contributed by atoms with E-state index in [1.807, 2.05) is 25.1 Å². The summed E-state index contributed by atoms with van der Waals surface area (Å²) in [6.07, 6.45) is 1.08. The van der Waals surface area contributed by atoms with Crippen molar-refractivity contribution in [3.63, 3.8) is 0 Å². The lowest BCUT2D eigenvalue weighted by Crippen LogP contribution is -2.23. The molecule has 2 N–H and O–H groups in total. The van der Waals surface area contributed by atoms with E-state index in [0.29, 0.717) is 12.1 Å². The maximum atomic E-state index is 12.2. The molecule has 1 aromatic heterocycles. The zero-order valence-electron chi connectivity index (χ0n) is 12.8. The van der Waals surface area contributed by atoms with Crippen molar-refractivity contribution in [1.82, 2.24) is 5.32 Å². The van der Waals surface area contributed by atoms with Gasteiger partial charge in [-0.2, -0.15) is 11.3 Å². The zero-order chi connectivity index (χ0) is 15.2. The fraction of sp³-hybridized carbons (Fsp3) is 0.353. The van der Waals surface area contributed by atoms with Crippen molar-refractivity contribution in [2.45, 2.75) is 33.7 Å². The fourth-order valence-electron chi connectivity index (χ4n) is 2.11. The molecule has 112 valence electrons. The van der Waals surface area contributed by atoms with Crippen molar-refractivity contribution in [2.75, 3.05) is 11.9 Å². The highest BCUT2D eigenvalue weighted by Crippen LogP contribution is 2.17. The van der Waals surface area contributed by atoms with Crippen molar-refractivity contribution in [3.05, 3.63) is 51.2 Å². The molecule has 0 bridgehead atoms. The van der Waals surface area contributed by atoms with Gasteiger partial charge in [0.05, 0.1) is 0 Å². The lowest BCUT2D eigenvalue weighted by Gasteiger charge is -2.11. The molecule has 0 spiro atoms. The van der Waals surface area contributed by atoms with Crippen LogP contribution in [-0.2, 0) is 6.54 Å². The van der Waals surface area contributed by atoms with Crippen molar-refractivity contribution in [1.29, 1.82) is 0 Å². The van der Waals surface area contributed by atoms with Crippen molar-refractivity contribution < 1.29 is 4.79 Å². The topological polar surface area (TPSA) is 41.1 Å². The van der Waals surface area contributed by atoms with Gasteiger partial charge in [0.1, 0.15) is 0 Å². The van der Waals surface area contributed by atoms with E-state index in [9.17, 15) is 4.79 Å². The van der Waals surface area contributed by atoms with E-state index in [1.165, 1.54) is 11.1 Å². The number of carbonyl (C=O) groups is 1. The predicted octanol–water partition coefficient (Wildman–Crippen LogP) is 4.12. The number of aryl methyl sites for hydroxylation is 2. The van der Waals surface area contributed by atoms with Gasteiger partial charge in [-0.05, 0) is 65.9 Å². The number of benzene rings is 1. The van der Waals surface area contributed by atoms with Gasteiger partial charge in [0, 0.05) is 24.3 Å². The van der Waals surface area contributed by atoms with Crippen LogP contribution in [0, 0.1) is 13.8 Å². The minimum absolute atomic E-state index is 0.0225. The van der Waals surface area contributed by atoms with Crippen molar-refractivity contribution in [2.24, 2.45) is 0 Å². The van der Waals surface area contributed by atoms with Gasteiger partial charge in [0.2, 0.25) is 0 Å². The number of nitrogens with one attached hydrogen (secondary N) is 2. The number of thiophene rings is 1. The first kappa shape index (κ1) is 15.6. The molecule has 0 aliphatic heterocycles. The van der Waals surface area contributed by atoms with Gasteiger partial charge in [-0.15, -0.1) is 0 Å². The first-order chi connectivity index (χ1) is 10.1. The summed E-state index contributed by atoms with van der Waals surface area (Å²) in [5.41, 5.74) is 5.33. The molecule has 1 amide bonds. The first-order valence-electron chi connectivity index (χ1n) is 7.26. The van der Waals surface area contributed by atoms with Crippen molar-refractivity contribution in [3.8, 4) is 0 Å². The molecule has 0 radical (unpaired) electrons. The molecule has 4 heteroatoms. The molecule has 0 aliphatic rings. The van der Waals surface area contributed by atoms with E-state index in [2.05, 4.69) is 35.2 Å². The second kappa shape index (κ2) is 7.27. The summed E-state index contributed by atoms with van der Waals surface area (Å²) in [7, 11) is 0. The molecule has 0 fully saturated rings. The van der Waals surface area contributed by atoms with Gasteiger partial charge in [0.15, 0.2) is 0 Å². The molecule has 0 saturated heterocycles. The van der Waals surface area contributed by atoms with Crippen LogP contribution in [0.3, 0.4) is 0 Å². The molecule has 2 rings (SSSR count). The summed E-state index contributed by atoms with van der Waals surface area (Å²) in [5, 5.41) is 10.5. The van der Waals surface area contributed by atoms with Gasteiger partial charge in [-0.1, -0.05) is 6.92 Å². The van der Waals surface area contributed by atoms with Crippen LogP contribution in [0.5, 0.6) is 0 Å². The van der Waals surface area contributed by atoms with Crippen LogP contribution < -0.4 is 10.6 Å². The van der Waals surface area contributed by atoms with Crippen molar-refractivity contribution >= 4 is 22.9 Å². The molecule has 3 nitrogen and oxygen atoms in total. The van der Waals surface area contributed by atoms with Gasteiger partial charge < -0.3 is 10.6 Å². The van der Waals surface area contributed by atoms with Crippen LogP contribution in [-0.4, -0.2) is 12.5 Å². The Morgan fingerprint density at radius 2 is 2.00 bits per heavy atom. The third-order valence-corrected chi connectivity index (χ3v) is 4.37. The van der Waals surface area contributed by atoms with E-state index in [1.54, 1.807) is 11.3 Å². The van der Waals surface area contributed by atoms with E-state index in [4.69, 9.17) is 0 Å². The summed E-state index contributed by atoms with van der Waals surface area (Å²) < 4.78 is 0. The number of carbonyl (C=O) groups excluding carboxylic acids is 1. The highest BCUT2D eigenvalue weighted by molar-refractivity contribution is 7.08. The molecule has 1 heterocycles. The van der Waals surface area contributed by atoms with Gasteiger partial charge in [-0.3, -0.25) is 4.79 Å². The SMILES string of the molecule is CCCNc1ccc(C(=O)NCc2cscc2C)cc1C. The number of rotatable bonds is 6. The van der Waals surface area contributed by atoms with Crippen LogP contribution in [0.25, 0.3) is 0 Å². The summed E-state index contributed by atoms with van der Waals surface area (Å²) in [4.78, 5) is 12.2. The molecule has 0 aliphatic carbocycles. The Morgan fingerprint density at radius 3 is 2.62 bits per heavy atom. The van der Waals surface area contributed by atoms with Crippen LogP contribution >= 0.6 is 11.3 Å². The third-order valence-electron chi connectivity index (χ3n) is 3.46. The molecule has 2 aromatic rings. The number of anilines is 1. The molecule has 0 saturated carbocycles.